The summed E-state index contributed by atoms with van der Waals surface area (Å²) in [6.45, 7) is 2.01. The number of carbonyl (C=O) groups excluding carboxylic acids is 1. The fraction of sp³-hybridized carbons (Fsp3) is 0.500. The van der Waals surface area contributed by atoms with E-state index in [-0.39, 0.29) is 12.5 Å². The average Bonchev–Trinajstić information content (AvgIpc) is 2.47. The average molecular weight is 277 g/mol. The second-order valence-electron chi connectivity index (χ2n) is 5.03. The molecular weight excluding hydrogens is 258 g/mol. The van der Waals surface area contributed by atoms with E-state index in [0.29, 0.717) is 24.6 Å². The van der Waals surface area contributed by atoms with Gasteiger partial charge in [-0.05, 0) is 30.9 Å². The van der Waals surface area contributed by atoms with Crippen molar-refractivity contribution in [3.63, 3.8) is 0 Å². The van der Waals surface area contributed by atoms with Crippen LogP contribution in [0.15, 0.2) is 24.5 Å². The summed E-state index contributed by atoms with van der Waals surface area (Å²) >= 11 is 0. The molecule has 20 heavy (non-hydrogen) atoms. The van der Waals surface area contributed by atoms with Crippen LogP contribution in [0.25, 0.3) is 0 Å². The zero-order valence-corrected chi connectivity index (χ0v) is 11.3. The number of hydrogen-bond acceptors (Lipinski definition) is 4. The standard InChI is InChI=1S/C14H19N3O3/c18-13(19)9-16-7-11-3-2-6-17(10-11)14(20)12-4-1-5-15-8-12/h1,4-5,8,11,16H,2-3,6-7,9-10H2,(H,18,19). The SMILES string of the molecule is O=C(O)CNCC1CCCN(C(=O)c2cccnc2)C1. The number of pyridine rings is 1. The minimum Gasteiger partial charge on any atom is -0.480 e. The van der Waals surface area contributed by atoms with Crippen LogP contribution in [-0.4, -0.2) is 53.0 Å². The van der Waals surface area contributed by atoms with Crippen LogP contribution in [0.5, 0.6) is 0 Å². The lowest BCUT2D eigenvalue weighted by atomic mass is 9.97. The lowest BCUT2D eigenvalue weighted by Gasteiger charge is -2.32. The van der Waals surface area contributed by atoms with Crippen molar-refractivity contribution in [3.8, 4) is 0 Å². The van der Waals surface area contributed by atoms with Gasteiger partial charge in [0.2, 0.25) is 0 Å². The molecule has 1 unspecified atom stereocenters. The maximum atomic E-state index is 12.3. The zero-order chi connectivity index (χ0) is 14.4. The van der Waals surface area contributed by atoms with Gasteiger partial charge < -0.3 is 15.3 Å². The van der Waals surface area contributed by atoms with Crippen molar-refractivity contribution in [1.82, 2.24) is 15.2 Å². The largest absolute Gasteiger partial charge is 0.480 e. The number of aromatic nitrogens is 1. The molecule has 0 radical (unpaired) electrons. The zero-order valence-electron chi connectivity index (χ0n) is 11.3. The number of aliphatic carboxylic acids is 1. The number of nitrogens with zero attached hydrogens (tertiary/aromatic N) is 2. The highest BCUT2D eigenvalue weighted by Crippen LogP contribution is 2.17. The summed E-state index contributed by atoms with van der Waals surface area (Å²) in [6.07, 6.45) is 5.19. The second kappa shape index (κ2) is 7.00. The summed E-state index contributed by atoms with van der Waals surface area (Å²) in [6, 6.07) is 3.52. The molecule has 0 bridgehead atoms. The Labute approximate surface area is 117 Å². The van der Waals surface area contributed by atoms with Crippen LogP contribution in [0.1, 0.15) is 23.2 Å². The van der Waals surface area contributed by atoms with Gasteiger partial charge in [-0.15, -0.1) is 0 Å². The van der Waals surface area contributed by atoms with Gasteiger partial charge in [-0.2, -0.15) is 0 Å². The third-order valence-electron chi connectivity index (χ3n) is 3.42. The Morgan fingerprint density at radius 1 is 1.50 bits per heavy atom. The predicted molar refractivity (Wildman–Crippen MR) is 73.4 cm³/mol. The number of nitrogens with one attached hydrogen (secondary N) is 1. The molecule has 2 heterocycles. The molecule has 1 amide bonds. The molecule has 1 saturated heterocycles. The monoisotopic (exact) mass is 277 g/mol. The molecular formula is C14H19N3O3. The number of rotatable bonds is 5. The van der Waals surface area contributed by atoms with Gasteiger partial charge >= 0.3 is 5.97 Å². The maximum Gasteiger partial charge on any atom is 0.317 e. The van der Waals surface area contributed by atoms with Crippen molar-refractivity contribution in [2.24, 2.45) is 5.92 Å². The van der Waals surface area contributed by atoms with Gasteiger partial charge in [-0.1, -0.05) is 0 Å². The summed E-state index contributed by atoms with van der Waals surface area (Å²) in [5.74, 6) is -0.547. The summed E-state index contributed by atoms with van der Waals surface area (Å²) in [4.78, 5) is 28.6. The Kier molecular flexibility index (Phi) is 5.06. The van der Waals surface area contributed by atoms with Gasteiger partial charge in [0.05, 0.1) is 12.1 Å². The van der Waals surface area contributed by atoms with E-state index in [4.69, 9.17) is 5.11 Å². The lowest BCUT2D eigenvalue weighted by Crippen LogP contribution is -2.43. The lowest BCUT2D eigenvalue weighted by molar-refractivity contribution is -0.136. The summed E-state index contributed by atoms with van der Waals surface area (Å²) in [5.41, 5.74) is 0.603. The fourth-order valence-electron chi connectivity index (χ4n) is 2.47. The molecule has 1 fully saturated rings. The van der Waals surface area contributed by atoms with Crippen LogP contribution in [0.2, 0.25) is 0 Å². The van der Waals surface area contributed by atoms with E-state index in [1.165, 1.54) is 0 Å². The number of amides is 1. The number of carboxylic acids is 1. The van der Waals surface area contributed by atoms with Crippen molar-refractivity contribution < 1.29 is 14.7 Å². The molecule has 6 nitrogen and oxygen atoms in total. The first-order valence-electron chi connectivity index (χ1n) is 6.78. The molecule has 1 aromatic rings. The fourth-order valence-corrected chi connectivity index (χ4v) is 2.47. The maximum absolute atomic E-state index is 12.3. The normalized spacial score (nSPS) is 18.8. The highest BCUT2D eigenvalue weighted by Gasteiger charge is 2.24. The number of piperidine rings is 1. The van der Waals surface area contributed by atoms with E-state index in [1.54, 1.807) is 24.5 Å². The predicted octanol–water partition coefficient (Wildman–Crippen LogP) is 0.608. The van der Waals surface area contributed by atoms with Crippen molar-refractivity contribution in [1.29, 1.82) is 0 Å². The molecule has 1 aliphatic heterocycles. The highest BCUT2D eigenvalue weighted by atomic mass is 16.4. The molecule has 0 aromatic carbocycles. The van der Waals surface area contributed by atoms with Gasteiger partial charge in [0.1, 0.15) is 0 Å². The Balaban J connectivity index is 1.87. The van der Waals surface area contributed by atoms with E-state index in [9.17, 15) is 9.59 Å². The number of carbonyl (C=O) groups is 2. The van der Waals surface area contributed by atoms with E-state index in [0.717, 1.165) is 19.4 Å². The highest BCUT2D eigenvalue weighted by molar-refractivity contribution is 5.93. The minimum atomic E-state index is -0.857. The van der Waals surface area contributed by atoms with Crippen molar-refractivity contribution in [3.05, 3.63) is 30.1 Å². The van der Waals surface area contributed by atoms with Gasteiger partial charge in [0, 0.05) is 32.0 Å². The van der Waals surface area contributed by atoms with Gasteiger partial charge in [0.25, 0.3) is 5.91 Å². The molecule has 0 saturated carbocycles. The first-order valence-corrected chi connectivity index (χ1v) is 6.78. The number of hydrogen-bond donors (Lipinski definition) is 2. The summed E-state index contributed by atoms with van der Waals surface area (Å²) in [5, 5.41) is 11.5. The Bertz CT molecular complexity index is 464. The van der Waals surface area contributed by atoms with Crippen LogP contribution >= 0.6 is 0 Å². The molecule has 108 valence electrons. The van der Waals surface area contributed by atoms with E-state index in [2.05, 4.69) is 10.3 Å². The first kappa shape index (κ1) is 14.5. The number of likely N-dealkylation sites (tertiary alicyclic amines) is 1. The summed E-state index contributed by atoms with van der Waals surface area (Å²) < 4.78 is 0. The third-order valence-corrected chi connectivity index (χ3v) is 3.42. The van der Waals surface area contributed by atoms with E-state index in [1.807, 2.05) is 4.90 Å². The van der Waals surface area contributed by atoms with E-state index < -0.39 is 5.97 Å². The topological polar surface area (TPSA) is 82.5 Å². The number of carboxylic acid groups (broad SMARTS) is 1. The molecule has 2 N–H and O–H groups in total. The summed E-state index contributed by atoms with van der Waals surface area (Å²) in [7, 11) is 0. The van der Waals surface area contributed by atoms with Crippen LogP contribution in [0.3, 0.4) is 0 Å². The third kappa shape index (κ3) is 4.03. The van der Waals surface area contributed by atoms with Crippen LogP contribution < -0.4 is 5.32 Å². The quantitative estimate of drug-likeness (QED) is 0.824. The molecule has 2 rings (SSSR count). The van der Waals surface area contributed by atoms with Gasteiger partial charge in [-0.25, -0.2) is 0 Å². The molecule has 1 aliphatic rings. The minimum absolute atomic E-state index is 0.000958. The first-order chi connectivity index (χ1) is 9.66. The van der Waals surface area contributed by atoms with E-state index >= 15 is 0 Å². The second-order valence-corrected chi connectivity index (χ2v) is 5.03. The van der Waals surface area contributed by atoms with Crippen LogP contribution in [-0.2, 0) is 4.79 Å². The molecule has 1 aromatic heterocycles. The van der Waals surface area contributed by atoms with Crippen LogP contribution in [0, 0.1) is 5.92 Å². The molecule has 6 heteroatoms. The van der Waals surface area contributed by atoms with Crippen LogP contribution in [0.4, 0.5) is 0 Å². The molecule has 0 spiro atoms. The Hall–Kier alpha value is -1.95. The molecule has 1 atom stereocenters. The van der Waals surface area contributed by atoms with Crippen molar-refractivity contribution in [2.75, 3.05) is 26.2 Å². The Morgan fingerprint density at radius 2 is 2.35 bits per heavy atom. The molecule has 0 aliphatic carbocycles. The van der Waals surface area contributed by atoms with Gasteiger partial charge in [-0.3, -0.25) is 14.6 Å². The van der Waals surface area contributed by atoms with Crippen molar-refractivity contribution in [2.45, 2.75) is 12.8 Å². The van der Waals surface area contributed by atoms with Crippen molar-refractivity contribution >= 4 is 11.9 Å². The Morgan fingerprint density at radius 3 is 3.05 bits per heavy atom. The smallest absolute Gasteiger partial charge is 0.317 e. The van der Waals surface area contributed by atoms with Gasteiger partial charge in [0.15, 0.2) is 0 Å².